The summed E-state index contributed by atoms with van der Waals surface area (Å²) < 4.78 is 1.00. The fourth-order valence-corrected chi connectivity index (χ4v) is 1.03. The maximum Gasteiger partial charge on any atom is 0.0175 e. The number of hydrogen-bond acceptors (Lipinski definition) is 0. The molecule has 0 saturated carbocycles. The highest BCUT2D eigenvalue weighted by atomic mass is 79.9. The van der Waals surface area contributed by atoms with Crippen LogP contribution >= 0.6 is 15.9 Å². The van der Waals surface area contributed by atoms with E-state index < -0.39 is 0 Å². The van der Waals surface area contributed by atoms with Crippen LogP contribution in [0.25, 0.3) is 6.08 Å². The molecular formula is C10H9Br. The summed E-state index contributed by atoms with van der Waals surface area (Å²) in [7, 11) is 0. The monoisotopic (exact) mass is 208 g/mol. The minimum atomic E-state index is 1.00. The Bertz CT molecular complexity index is 259. The molecule has 0 atom stereocenters. The maximum atomic E-state index is 3.64. The van der Waals surface area contributed by atoms with E-state index in [1.54, 1.807) is 6.08 Å². The molecule has 1 aromatic carbocycles. The second-order valence-corrected chi connectivity index (χ2v) is 3.06. The molecule has 0 saturated heterocycles. The third kappa shape index (κ3) is 2.72. The Morgan fingerprint density at radius 1 is 1.27 bits per heavy atom. The Kier molecular flexibility index (Phi) is 3.12. The van der Waals surface area contributed by atoms with Gasteiger partial charge in [-0.1, -0.05) is 58.9 Å². The van der Waals surface area contributed by atoms with Gasteiger partial charge in [0.1, 0.15) is 0 Å². The van der Waals surface area contributed by atoms with E-state index in [1.165, 1.54) is 5.56 Å². The van der Waals surface area contributed by atoms with E-state index in [1.807, 2.05) is 36.4 Å². The molecule has 56 valence electrons. The molecule has 0 spiro atoms. The van der Waals surface area contributed by atoms with Crippen LogP contribution in [0.3, 0.4) is 0 Å². The molecular weight excluding hydrogens is 200 g/mol. The SMILES string of the molecule is C=CC(Br)=Cc1ccccc1. The topological polar surface area (TPSA) is 0 Å². The zero-order chi connectivity index (χ0) is 8.10. The lowest BCUT2D eigenvalue weighted by Crippen LogP contribution is -1.68. The van der Waals surface area contributed by atoms with Crippen LogP contribution < -0.4 is 0 Å². The Morgan fingerprint density at radius 2 is 1.91 bits per heavy atom. The maximum absolute atomic E-state index is 3.64. The predicted molar refractivity (Wildman–Crippen MR) is 53.5 cm³/mol. The van der Waals surface area contributed by atoms with Crippen molar-refractivity contribution in [1.82, 2.24) is 0 Å². The number of rotatable bonds is 2. The highest BCUT2D eigenvalue weighted by Gasteiger charge is 1.85. The third-order valence-electron chi connectivity index (χ3n) is 1.30. The number of allylic oxidation sites excluding steroid dienone is 2. The molecule has 11 heavy (non-hydrogen) atoms. The van der Waals surface area contributed by atoms with Gasteiger partial charge in [-0.2, -0.15) is 0 Å². The molecule has 0 N–H and O–H groups in total. The Balaban J connectivity index is 2.87. The van der Waals surface area contributed by atoms with Crippen molar-refractivity contribution in [2.24, 2.45) is 0 Å². The molecule has 0 aliphatic heterocycles. The molecule has 0 radical (unpaired) electrons. The first-order valence-electron chi connectivity index (χ1n) is 3.37. The average molecular weight is 209 g/mol. The molecule has 0 aliphatic rings. The number of benzene rings is 1. The van der Waals surface area contributed by atoms with Crippen LogP contribution in [0, 0.1) is 0 Å². The summed E-state index contributed by atoms with van der Waals surface area (Å²) in [5, 5.41) is 0. The summed E-state index contributed by atoms with van der Waals surface area (Å²) in [5.74, 6) is 0. The van der Waals surface area contributed by atoms with Crippen LogP contribution in [0.4, 0.5) is 0 Å². The van der Waals surface area contributed by atoms with Gasteiger partial charge in [-0.15, -0.1) is 0 Å². The van der Waals surface area contributed by atoms with Crippen LogP contribution in [-0.2, 0) is 0 Å². The largest absolute Gasteiger partial charge is 0.0979 e. The lowest BCUT2D eigenvalue weighted by atomic mass is 10.2. The smallest absolute Gasteiger partial charge is 0.0175 e. The average Bonchev–Trinajstić information content (AvgIpc) is 2.06. The van der Waals surface area contributed by atoms with Gasteiger partial charge in [-0.3, -0.25) is 0 Å². The normalized spacial score (nSPS) is 11.2. The quantitative estimate of drug-likeness (QED) is 0.652. The summed E-state index contributed by atoms with van der Waals surface area (Å²) in [6.07, 6.45) is 3.79. The predicted octanol–water partition coefficient (Wildman–Crippen LogP) is 3.61. The van der Waals surface area contributed by atoms with Crippen molar-refractivity contribution in [1.29, 1.82) is 0 Å². The minimum Gasteiger partial charge on any atom is -0.0979 e. The van der Waals surface area contributed by atoms with Crippen LogP contribution in [0.2, 0.25) is 0 Å². The van der Waals surface area contributed by atoms with Crippen molar-refractivity contribution in [3.63, 3.8) is 0 Å². The number of hydrogen-bond donors (Lipinski definition) is 0. The zero-order valence-corrected chi connectivity index (χ0v) is 7.71. The molecule has 0 bridgehead atoms. The van der Waals surface area contributed by atoms with Gasteiger partial charge in [-0.05, 0) is 11.6 Å². The first-order chi connectivity index (χ1) is 5.33. The summed E-state index contributed by atoms with van der Waals surface area (Å²) in [5.41, 5.74) is 1.18. The molecule has 0 fully saturated rings. The lowest BCUT2D eigenvalue weighted by Gasteiger charge is -1.91. The summed E-state index contributed by atoms with van der Waals surface area (Å²) in [6.45, 7) is 3.64. The third-order valence-corrected chi connectivity index (χ3v) is 1.85. The van der Waals surface area contributed by atoms with Gasteiger partial charge < -0.3 is 0 Å². The van der Waals surface area contributed by atoms with Gasteiger partial charge in [0, 0.05) is 4.48 Å². The fraction of sp³-hybridized carbons (Fsp3) is 0. The van der Waals surface area contributed by atoms with Gasteiger partial charge >= 0.3 is 0 Å². The van der Waals surface area contributed by atoms with Crippen LogP contribution in [0.5, 0.6) is 0 Å². The van der Waals surface area contributed by atoms with E-state index in [-0.39, 0.29) is 0 Å². The molecule has 1 heteroatoms. The summed E-state index contributed by atoms with van der Waals surface area (Å²) in [4.78, 5) is 0. The molecule has 1 aromatic rings. The van der Waals surface area contributed by atoms with Gasteiger partial charge in [-0.25, -0.2) is 0 Å². The van der Waals surface area contributed by atoms with Crippen molar-refractivity contribution in [2.75, 3.05) is 0 Å². The van der Waals surface area contributed by atoms with Crippen molar-refractivity contribution in [2.45, 2.75) is 0 Å². The summed E-state index contributed by atoms with van der Waals surface area (Å²) >= 11 is 3.36. The molecule has 0 amide bonds. The van der Waals surface area contributed by atoms with E-state index in [2.05, 4.69) is 22.5 Å². The van der Waals surface area contributed by atoms with Crippen molar-refractivity contribution >= 4 is 22.0 Å². The van der Waals surface area contributed by atoms with Crippen LogP contribution in [-0.4, -0.2) is 0 Å². The van der Waals surface area contributed by atoms with E-state index in [4.69, 9.17) is 0 Å². The molecule has 0 aromatic heterocycles. The minimum absolute atomic E-state index is 1.00. The van der Waals surface area contributed by atoms with E-state index in [0.29, 0.717) is 0 Å². The zero-order valence-electron chi connectivity index (χ0n) is 6.13. The highest BCUT2D eigenvalue weighted by Crippen LogP contribution is 2.11. The van der Waals surface area contributed by atoms with Crippen LogP contribution in [0.1, 0.15) is 5.56 Å². The molecule has 0 heterocycles. The highest BCUT2D eigenvalue weighted by molar-refractivity contribution is 9.12. The number of halogens is 1. The van der Waals surface area contributed by atoms with Crippen LogP contribution in [0.15, 0.2) is 47.5 Å². The standard InChI is InChI=1S/C10H9Br/c1-2-10(11)8-9-6-4-3-5-7-9/h2-8H,1H2. The van der Waals surface area contributed by atoms with E-state index in [9.17, 15) is 0 Å². The fourth-order valence-electron chi connectivity index (χ4n) is 0.767. The first-order valence-corrected chi connectivity index (χ1v) is 4.17. The van der Waals surface area contributed by atoms with Crippen molar-refractivity contribution < 1.29 is 0 Å². The van der Waals surface area contributed by atoms with E-state index in [0.717, 1.165) is 4.48 Å². The summed E-state index contributed by atoms with van der Waals surface area (Å²) in [6, 6.07) is 10.1. The first kappa shape index (κ1) is 8.28. The van der Waals surface area contributed by atoms with Gasteiger partial charge in [0.15, 0.2) is 0 Å². The second-order valence-electron chi connectivity index (χ2n) is 2.14. The second kappa shape index (κ2) is 4.14. The lowest BCUT2D eigenvalue weighted by molar-refractivity contribution is 1.66. The van der Waals surface area contributed by atoms with Crippen molar-refractivity contribution in [3.8, 4) is 0 Å². The molecule has 0 nitrogen and oxygen atoms in total. The van der Waals surface area contributed by atoms with Gasteiger partial charge in [0.05, 0.1) is 0 Å². The van der Waals surface area contributed by atoms with Gasteiger partial charge in [0.25, 0.3) is 0 Å². The van der Waals surface area contributed by atoms with Gasteiger partial charge in [0.2, 0.25) is 0 Å². The van der Waals surface area contributed by atoms with E-state index >= 15 is 0 Å². The molecule has 1 rings (SSSR count). The Labute approximate surface area is 75.4 Å². The molecule has 0 unspecified atom stereocenters. The Hall–Kier alpha value is -0.820. The molecule has 0 aliphatic carbocycles. The Morgan fingerprint density at radius 3 is 2.45 bits per heavy atom. The van der Waals surface area contributed by atoms with Crippen molar-refractivity contribution in [3.05, 3.63) is 53.0 Å².